The van der Waals surface area contributed by atoms with E-state index in [4.69, 9.17) is 18.9 Å². The molecule has 4 rings (SSSR count). The molecule has 49 heavy (non-hydrogen) atoms. The summed E-state index contributed by atoms with van der Waals surface area (Å²) >= 11 is 0. The van der Waals surface area contributed by atoms with Gasteiger partial charge in [0.1, 0.15) is 23.6 Å². The molecule has 1 aliphatic heterocycles. The molecule has 1 heterocycles. The Hall–Kier alpha value is -5.27. The van der Waals surface area contributed by atoms with Crippen molar-refractivity contribution >= 4 is 29.8 Å². The number of rotatable bonds is 14. The van der Waals surface area contributed by atoms with Crippen molar-refractivity contribution in [2.45, 2.75) is 76.1 Å². The van der Waals surface area contributed by atoms with Crippen molar-refractivity contribution < 1.29 is 58.2 Å². The number of carbonyl (C=O) groups is 5. The monoisotopic (exact) mass is 677 g/mol. The Labute approximate surface area is 283 Å². The molecular weight excluding hydrogens is 638 g/mol. The SMILES string of the molecule is C[C@H]([C@H](CCc1ccccc1)c1ccc(Oc2ccccc2)cc1)N(CC(=O)OC(C)(C)C)C(=O)[C@H]1OC(C(=O)O)(C(=O)O)O[C@@H]1C(=O)O. The lowest BCUT2D eigenvalue weighted by Crippen LogP contribution is -2.53. The van der Waals surface area contributed by atoms with Gasteiger partial charge in [0.25, 0.3) is 5.91 Å². The highest BCUT2D eigenvalue weighted by Gasteiger charge is 2.64. The van der Waals surface area contributed by atoms with Crippen LogP contribution < -0.4 is 4.74 Å². The number of aryl methyl sites for hydroxylation is 1. The van der Waals surface area contributed by atoms with E-state index in [1.165, 1.54) is 0 Å². The number of hydrogen-bond acceptors (Lipinski definition) is 9. The van der Waals surface area contributed by atoms with Crippen molar-refractivity contribution in [2.24, 2.45) is 0 Å². The number of para-hydroxylation sites is 1. The van der Waals surface area contributed by atoms with Crippen LogP contribution in [0.15, 0.2) is 84.9 Å². The van der Waals surface area contributed by atoms with Crippen LogP contribution in [0.4, 0.5) is 0 Å². The number of amides is 1. The smallest absolute Gasteiger partial charge is 0.377 e. The molecule has 1 aliphatic rings. The van der Waals surface area contributed by atoms with Crippen molar-refractivity contribution in [3.05, 3.63) is 96.1 Å². The molecule has 13 nitrogen and oxygen atoms in total. The normalized spacial score (nSPS) is 18.1. The zero-order valence-electron chi connectivity index (χ0n) is 27.5. The van der Waals surface area contributed by atoms with Crippen molar-refractivity contribution in [2.75, 3.05) is 6.54 Å². The summed E-state index contributed by atoms with van der Waals surface area (Å²) in [6.07, 6.45) is -3.55. The van der Waals surface area contributed by atoms with Crippen molar-refractivity contribution in [3.8, 4) is 11.5 Å². The highest BCUT2D eigenvalue weighted by Crippen LogP contribution is 2.35. The molecule has 0 unspecified atom stereocenters. The summed E-state index contributed by atoms with van der Waals surface area (Å²) in [6, 6.07) is 25.0. The first kappa shape index (κ1) is 36.6. The minimum absolute atomic E-state index is 0.445. The topological polar surface area (TPSA) is 186 Å². The van der Waals surface area contributed by atoms with E-state index in [9.17, 15) is 39.3 Å². The van der Waals surface area contributed by atoms with E-state index < -0.39 is 71.9 Å². The van der Waals surface area contributed by atoms with Crippen LogP contribution in [0, 0.1) is 0 Å². The molecule has 0 radical (unpaired) electrons. The van der Waals surface area contributed by atoms with Gasteiger partial charge in [-0.25, -0.2) is 14.4 Å². The Balaban J connectivity index is 1.74. The number of esters is 1. The number of ether oxygens (including phenoxy) is 4. The Kier molecular flexibility index (Phi) is 11.4. The van der Waals surface area contributed by atoms with Gasteiger partial charge in [0.15, 0.2) is 12.2 Å². The average molecular weight is 678 g/mol. The van der Waals surface area contributed by atoms with Crippen LogP contribution in [0.2, 0.25) is 0 Å². The Morgan fingerprint density at radius 3 is 1.86 bits per heavy atom. The summed E-state index contributed by atoms with van der Waals surface area (Å²) in [5.41, 5.74) is 0.795. The van der Waals surface area contributed by atoms with Crippen molar-refractivity contribution in [1.82, 2.24) is 4.90 Å². The third-order valence-electron chi connectivity index (χ3n) is 7.86. The predicted octanol–water partition coefficient (Wildman–Crippen LogP) is 4.49. The van der Waals surface area contributed by atoms with Crippen LogP contribution in [0.3, 0.4) is 0 Å². The molecule has 1 amide bonds. The lowest BCUT2D eigenvalue weighted by atomic mass is 9.85. The minimum atomic E-state index is -3.47. The van der Waals surface area contributed by atoms with Crippen LogP contribution in [0.25, 0.3) is 0 Å². The molecule has 13 heteroatoms. The molecule has 0 spiro atoms. The first-order valence-electron chi connectivity index (χ1n) is 15.6. The van der Waals surface area contributed by atoms with Gasteiger partial charge in [-0.05, 0) is 75.9 Å². The molecule has 0 aliphatic carbocycles. The molecule has 0 bridgehead atoms. The number of carboxylic acid groups (broad SMARTS) is 3. The lowest BCUT2D eigenvalue weighted by Gasteiger charge is -2.37. The molecule has 3 N–H and O–H groups in total. The Morgan fingerprint density at radius 2 is 1.33 bits per heavy atom. The fourth-order valence-corrected chi connectivity index (χ4v) is 5.54. The molecule has 3 aromatic rings. The van der Waals surface area contributed by atoms with Gasteiger partial charge in [0.05, 0.1) is 0 Å². The van der Waals surface area contributed by atoms with Gasteiger partial charge in [-0.1, -0.05) is 60.7 Å². The maximum Gasteiger partial charge on any atom is 0.377 e. The van der Waals surface area contributed by atoms with Gasteiger partial charge in [-0.15, -0.1) is 0 Å². The largest absolute Gasteiger partial charge is 0.479 e. The van der Waals surface area contributed by atoms with E-state index in [0.717, 1.165) is 16.0 Å². The quantitative estimate of drug-likeness (QED) is 0.161. The van der Waals surface area contributed by atoms with Crippen molar-refractivity contribution in [3.63, 3.8) is 0 Å². The maximum absolute atomic E-state index is 14.2. The second-order valence-corrected chi connectivity index (χ2v) is 12.6. The summed E-state index contributed by atoms with van der Waals surface area (Å²) in [4.78, 5) is 64.6. The van der Waals surface area contributed by atoms with E-state index in [0.29, 0.717) is 24.3 Å². The van der Waals surface area contributed by atoms with Crippen molar-refractivity contribution in [1.29, 1.82) is 0 Å². The molecule has 1 saturated heterocycles. The summed E-state index contributed by atoms with van der Waals surface area (Å²) in [5, 5.41) is 29.2. The van der Waals surface area contributed by atoms with Crippen LogP contribution in [-0.2, 0) is 44.6 Å². The van der Waals surface area contributed by atoms with Crippen LogP contribution in [0.5, 0.6) is 11.5 Å². The number of aliphatic carboxylic acids is 3. The van der Waals surface area contributed by atoms with Crippen LogP contribution in [-0.4, -0.2) is 86.2 Å². The van der Waals surface area contributed by atoms with Crippen LogP contribution in [0.1, 0.15) is 51.2 Å². The molecule has 0 saturated carbocycles. The molecular formula is C36H39NO12. The highest BCUT2D eigenvalue weighted by molar-refractivity contribution is 6.02. The van der Waals surface area contributed by atoms with Gasteiger partial charge in [-0.3, -0.25) is 9.59 Å². The Morgan fingerprint density at radius 1 is 0.796 bits per heavy atom. The molecule has 260 valence electrons. The zero-order valence-corrected chi connectivity index (χ0v) is 27.5. The van der Waals surface area contributed by atoms with Crippen LogP contribution >= 0.6 is 0 Å². The third kappa shape index (κ3) is 9.00. The van der Waals surface area contributed by atoms with E-state index in [1.54, 1.807) is 52.0 Å². The second-order valence-electron chi connectivity index (χ2n) is 12.6. The van der Waals surface area contributed by atoms with Gasteiger partial charge in [-0.2, -0.15) is 0 Å². The lowest BCUT2D eigenvalue weighted by molar-refractivity contribution is -0.221. The van der Waals surface area contributed by atoms with Gasteiger partial charge in [0.2, 0.25) is 0 Å². The highest BCUT2D eigenvalue weighted by atomic mass is 16.8. The first-order valence-corrected chi connectivity index (χ1v) is 15.6. The van der Waals surface area contributed by atoms with Gasteiger partial charge >= 0.3 is 29.7 Å². The fraction of sp³-hybridized carbons (Fsp3) is 0.361. The summed E-state index contributed by atoms with van der Waals surface area (Å²) in [5.74, 6) is -10.9. The van der Waals surface area contributed by atoms with Gasteiger partial charge < -0.3 is 39.2 Å². The summed E-state index contributed by atoms with van der Waals surface area (Å²) in [6.45, 7) is 5.85. The first-order chi connectivity index (χ1) is 23.1. The average Bonchev–Trinajstić information content (AvgIpc) is 3.48. The fourth-order valence-electron chi connectivity index (χ4n) is 5.54. The predicted molar refractivity (Wildman–Crippen MR) is 173 cm³/mol. The second kappa shape index (κ2) is 15.3. The number of hydrogen-bond donors (Lipinski definition) is 3. The number of benzene rings is 3. The minimum Gasteiger partial charge on any atom is -0.479 e. The summed E-state index contributed by atoms with van der Waals surface area (Å²) < 4.78 is 21.5. The number of nitrogens with zero attached hydrogens (tertiary/aromatic N) is 1. The molecule has 4 atom stereocenters. The third-order valence-corrected chi connectivity index (χ3v) is 7.86. The number of carboxylic acids is 3. The Bertz CT molecular complexity index is 1620. The molecule has 0 aromatic heterocycles. The van der Waals surface area contributed by atoms with E-state index in [-0.39, 0.29) is 0 Å². The number of carbonyl (C=O) groups excluding carboxylic acids is 2. The standard InChI is InChI=1S/C36H39NO12/c1-22(27(20-15-23-11-7-5-8-12-23)24-16-18-26(19-17-24)46-25-13-9-6-10-14-25)37(21-28(38)47-35(2,3)4)31(39)29-30(32(40)41)49-36(48-29,33(42)43)34(44)45/h5-14,16-19,22,27,29-30H,15,20-21H2,1-4H3,(H,40,41)(H,42,43)(H,44,45)/t22-,27+,29+,30+/m1/s1. The summed E-state index contributed by atoms with van der Waals surface area (Å²) in [7, 11) is 0. The van der Waals surface area contributed by atoms with E-state index in [2.05, 4.69) is 0 Å². The molecule has 3 aromatic carbocycles. The maximum atomic E-state index is 14.2. The van der Waals surface area contributed by atoms with E-state index >= 15 is 0 Å². The van der Waals surface area contributed by atoms with Gasteiger partial charge in [0, 0.05) is 12.0 Å². The van der Waals surface area contributed by atoms with E-state index in [1.807, 2.05) is 60.7 Å². The zero-order chi connectivity index (χ0) is 35.9. The molecule has 1 fully saturated rings.